The van der Waals surface area contributed by atoms with Crippen LogP contribution in [0.4, 0.5) is 0 Å². The van der Waals surface area contributed by atoms with Crippen LogP contribution in [-0.2, 0) is 0 Å². The van der Waals surface area contributed by atoms with Crippen LogP contribution in [0.1, 0.15) is 111 Å². The molecule has 0 saturated heterocycles. The minimum Gasteiger partial charge on any atom is -0.345 e. The zero-order chi connectivity index (χ0) is 23.1. The Morgan fingerprint density at radius 3 is 0.786 bits per heavy atom. The van der Waals surface area contributed by atoms with E-state index in [-0.39, 0.29) is 33.5 Å². The molecule has 0 aliphatic rings. The number of rotatable bonds is 4. The van der Waals surface area contributed by atoms with E-state index < -0.39 is 0 Å². The second-order valence-corrected chi connectivity index (χ2v) is 13.5. The fourth-order valence-corrected chi connectivity index (χ4v) is 6.56. The van der Waals surface area contributed by atoms with Crippen LogP contribution >= 0.6 is 12.2 Å². The predicted molar refractivity (Wildman–Crippen MR) is 130 cm³/mol. The fourth-order valence-electron chi connectivity index (χ4n) is 6.07. The van der Waals surface area contributed by atoms with Gasteiger partial charge >= 0.3 is 0 Å². The van der Waals surface area contributed by atoms with Crippen LogP contribution in [0.2, 0.25) is 0 Å². The minimum absolute atomic E-state index is 0.0112. The molecule has 0 aliphatic heterocycles. The van der Waals surface area contributed by atoms with E-state index in [0.29, 0.717) is 5.11 Å². The average Bonchev–Trinajstić information content (AvgIpc) is 2.13. The lowest BCUT2D eigenvalue weighted by atomic mass is 9.90. The van der Waals surface area contributed by atoms with Crippen LogP contribution in [0.3, 0.4) is 0 Å². The summed E-state index contributed by atoms with van der Waals surface area (Å²) < 4.78 is 0. The molecule has 2 N–H and O–H groups in total. The molecule has 5 heteroatoms. The van der Waals surface area contributed by atoms with Crippen molar-refractivity contribution in [1.29, 1.82) is 0 Å². The van der Waals surface area contributed by atoms with Gasteiger partial charge in [0, 0.05) is 22.2 Å². The highest BCUT2D eigenvalue weighted by Crippen LogP contribution is 2.34. The largest absolute Gasteiger partial charge is 0.345 e. The standard InChI is InChI=1S/C23H50N4S/c1-18(2,3)26(19(4,5)6)22(13,14)24-17(28)25-23(15,16)27(20(7,8)9)21(10,11)12/h1-16H3,(H2,24,25,28). The van der Waals surface area contributed by atoms with Crippen LogP contribution in [0.25, 0.3) is 0 Å². The summed E-state index contributed by atoms with van der Waals surface area (Å²) in [5.74, 6) is 0. The first-order valence-corrected chi connectivity index (χ1v) is 11.0. The quantitative estimate of drug-likeness (QED) is 0.454. The topological polar surface area (TPSA) is 30.5 Å². The summed E-state index contributed by atoms with van der Waals surface area (Å²) in [6, 6.07) is 0. The van der Waals surface area contributed by atoms with Gasteiger partial charge in [0.15, 0.2) is 5.11 Å². The van der Waals surface area contributed by atoms with E-state index >= 15 is 0 Å². The van der Waals surface area contributed by atoms with Crippen molar-refractivity contribution in [3.63, 3.8) is 0 Å². The van der Waals surface area contributed by atoms with Gasteiger partial charge in [0.05, 0.1) is 11.3 Å². The first-order valence-electron chi connectivity index (χ1n) is 10.5. The van der Waals surface area contributed by atoms with Crippen LogP contribution in [0, 0.1) is 0 Å². The molecule has 28 heavy (non-hydrogen) atoms. The summed E-state index contributed by atoms with van der Waals surface area (Å²) in [5.41, 5.74) is -0.674. The van der Waals surface area contributed by atoms with E-state index in [1.165, 1.54) is 0 Å². The van der Waals surface area contributed by atoms with Gasteiger partial charge in [-0.05, 0) is 123 Å². The Kier molecular flexibility index (Phi) is 7.92. The van der Waals surface area contributed by atoms with Gasteiger partial charge in [-0.3, -0.25) is 9.80 Å². The maximum Gasteiger partial charge on any atom is 0.169 e. The smallest absolute Gasteiger partial charge is 0.169 e. The van der Waals surface area contributed by atoms with Crippen LogP contribution < -0.4 is 10.6 Å². The van der Waals surface area contributed by atoms with Crippen molar-refractivity contribution in [1.82, 2.24) is 20.4 Å². The molecule has 0 rings (SSSR count). The van der Waals surface area contributed by atoms with Gasteiger partial charge in [-0.15, -0.1) is 0 Å². The molecule has 0 atom stereocenters. The third kappa shape index (κ3) is 7.46. The number of nitrogens with zero attached hydrogens (tertiary/aromatic N) is 2. The van der Waals surface area contributed by atoms with E-state index in [0.717, 1.165) is 0 Å². The Morgan fingerprint density at radius 2 is 0.643 bits per heavy atom. The average molecular weight is 415 g/mol. The Bertz CT molecular complexity index is 461. The minimum atomic E-state index is -0.315. The highest BCUT2D eigenvalue weighted by Gasteiger charge is 2.45. The fraction of sp³-hybridized carbons (Fsp3) is 0.957. The lowest BCUT2D eigenvalue weighted by molar-refractivity contribution is -0.0635. The molecule has 0 fully saturated rings. The third-order valence-electron chi connectivity index (χ3n) is 4.64. The highest BCUT2D eigenvalue weighted by molar-refractivity contribution is 7.80. The predicted octanol–water partition coefficient (Wildman–Crippen LogP) is 5.72. The molecule has 0 aromatic carbocycles. The van der Waals surface area contributed by atoms with E-state index in [9.17, 15) is 0 Å². The maximum atomic E-state index is 5.80. The monoisotopic (exact) mass is 414 g/mol. The van der Waals surface area contributed by atoms with Crippen LogP contribution in [0.15, 0.2) is 0 Å². The van der Waals surface area contributed by atoms with Gasteiger partial charge in [0.25, 0.3) is 0 Å². The number of nitrogens with one attached hydrogen (secondary N) is 2. The SMILES string of the molecule is CC(C)(C)N(C(C)(C)C)C(C)(C)NC(=S)NC(C)(C)N(C(C)(C)C)C(C)(C)C. The molecule has 0 unspecified atom stereocenters. The molecule has 0 bridgehead atoms. The molecular weight excluding hydrogens is 364 g/mol. The van der Waals surface area contributed by atoms with Crippen molar-refractivity contribution in [2.24, 2.45) is 0 Å². The van der Waals surface area contributed by atoms with Gasteiger partial charge < -0.3 is 10.6 Å². The Morgan fingerprint density at radius 1 is 0.464 bits per heavy atom. The Balaban J connectivity index is 5.73. The lowest BCUT2D eigenvalue weighted by Gasteiger charge is -2.56. The molecule has 0 aromatic heterocycles. The highest BCUT2D eigenvalue weighted by atomic mass is 32.1. The molecule has 0 saturated carbocycles. The number of hydrogen-bond donors (Lipinski definition) is 2. The van der Waals surface area contributed by atoms with Crippen molar-refractivity contribution >= 4 is 17.3 Å². The van der Waals surface area contributed by atoms with E-state index in [4.69, 9.17) is 12.2 Å². The number of hydrogen-bond acceptors (Lipinski definition) is 3. The number of thiocarbonyl (C=S) groups is 1. The molecule has 0 amide bonds. The molecule has 0 aromatic rings. The second kappa shape index (κ2) is 8.03. The molecule has 0 radical (unpaired) electrons. The summed E-state index contributed by atoms with van der Waals surface area (Å²) in [5, 5.41) is 7.88. The van der Waals surface area contributed by atoms with Crippen molar-refractivity contribution in [3.05, 3.63) is 0 Å². The lowest BCUT2D eigenvalue weighted by Crippen LogP contribution is -2.72. The zero-order valence-corrected chi connectivity index (χ0v) is 22.6. The summed E-state index contributed by atoms with van der Waals surface area (Å²) in [6.45, 7) is 35.9. The van der Waals surface area contributed by atoms with Gasteiger partial charge in [0.2, 0.25) is 0 Å². The van der Waals surface area contributed by atoms with Gasteiger partial charge in [-0.2, -0.15) is 0 Å². The zero-order valence-electron chi connectivity index (χ0n) is 21.8. The summed E-state index contributed by atoms with van der Waals surface area (Å²) in [6.07, 6.45) is 0. The normalized spacial score (nSPS) is 15.2. The van der Waals surface area contributed by atoms with Crippen molar-refractivity contribution in [3.8, 4) is 0 Å². The Hall–Kier alpha value is -0.390. The molecular formula is C23H50N4S. The third-order valence-corrected chi connectivity index (χ3v) is 4.84. The Labute approximate surface area is 182 Å². The van der Waals surface area contributed by atoms with Crippen molar-refractivity contribution < 1.29 is 0 Å². The van der Waals surface area contributed by atoms with E-state index in [1.807, 2.05) is 0 Å². The molecule has 4 nitrogen and oxygen atoms in total. The second-order valence-electron chi connectivity index (χ2n) is 13.1. The first kappa shape index (κ1) is 27.6. The van der Waals surface area contributed by atoms with E-state index in [2.05, 4.69) is 131 Å². The summed E-state index contributed by atoms with van der Waals surface area (Å²) in [7, 11) is 0. The summed E-state index contributed by atoms with van der Waals surface area (Å²) in [4.78, 5) is 4.97. The maximum absolute atomic E-state index is 5.80. The molecule has 0 heterocycles. The van der Waals surface area contributed by atoms with Gasteiger partial charge in [-0.1, -0.05) is 0 Å². The molecule has 0 aliphatic carbocycles. The van der Waals surface area contributed by atoms with Crippen molar-refractivity contribution in [2.75, 3.05) is 0 Å². The van der Waals surface area contributed by atoms with Crippen molar-refractivity contribution in [2.45, 2.75) is 144 Å². The van der Waals surface area contributed by atoms with Crippen LogP contribution in [0.5, 0.6) is 0 Å². The van der Waals surface area contributed by atoms with E-state index in [1.54, 1.807) is 0 Å². The molecule has 168 valence electrons. The molecule has 0 spiro atoms. The first-order chi connectivity index (χ1) is 11.8. The van der Waals surface area contributed by atoms with Crippen LogP contribution in [-0.4, -0.2) is 48.4 Å². The van der Waals surface area contributed by atoms with Gasteiger partial charge in [0.1, 0.15) is 0 Å². The van der Waals surface area contributed by atoms with Gasteiger partial charge in [-0.25, -0.2) is 0 Å². The summed E-state index contributed by atoms with van der Waals surface area (Å²) >= 11 is 5.80.